The van der Waals surface area contributed by atoms with Crippen molar-refractivity contribution < 1.29 is 12.9 Å². The molecule has 0 fully saturated rings. The van der Waals surface area contributed by atoms with Gasteiger partial charge in [-0.15, -0.1) is 22.7 Å². The van der Waals surface area contributed by atoms with Gasteiger partial charge in [0.25, 0.3) is 0 Å². The highest BCUT2D eigenvalue weighted by Gasteiger charge is 2.21. The SMILES string of the molecule is CCc1nc(C)sc1CNS(=O)(=O)c1ccc(-c2c(C)noc2C)s1. The minimum Gasteiger partial charge on any atom is -0.361 e. The molecule has 0 atom stereocenters. The van der Waals surface area contributed by atoms with E-state index in [1.807, 2.05) is 27.7 Å². The van der Waals surface area contributed by atoms with Crippen LogP contribution in [0.5, 0.6) is 0 Å². The molecule has 0 saturated heterocycles. The number of thiazole rings is 1. The van der Waals surface area contributed by atoms with Gasteiger partial charge in [0.15, 0.2) is 0 Å². The normalized spacial score (nSPS) is 12.0. The topological polar surface area (TPSA) is 85.1 Å². The van der Waals surface area contributed by atoms with E-state index in [0.717, 1.165) is 38.1 Å². The van der Waals surface area contributed by atoms with Crippen molar-refractivity contribution in [3.05, 3.63) is 39.2 Å². The Balaban J connectivity index is 1.81. The summed E-state index contributed by atoms with van der Waals surface area (Å²) in [5, 5.41) is 4.87. The molecule has 0 aromatic carbocycles. The molecule has 134 valence electrons. The van der Waals surface area contributed by atoms with Crippen LogP contribution in [0.25, 0.3) is 10.4 Å². The molecule has 6 nitrogen and oxygen atoms in total. The van der Waals surface area contributed by atoms with E-state index < -0.39 is 10.0 Å². The number of aryl methyl sites for hydroxylation is 4. The van der Waals surface area contributed by atoms with Crippen LogP contribution in [0.15, 0.2) is 20.9 Å². The Bertz CT molecular complexity index is 980. The molecule has 0 aliphatic rings. The second-order valence-corrected chi connectivity index (χ2v) is 9.96. The third kappa shape index (κ3) is 3.69. The maximum absolute atomic E-state index is 12.6. The Morgan fingerprint density at radius 1 is 1.20 bits per heavy atom. The third-order valence-corrected chi connectivity index (χ3v) is 7.78. The number of nitrogens with one attached hydrogen (secondary N) is 1. The molecule has 0 aliphatic carbocycles. The molecule has 3 heterocycles. The van der Waals surface area contributed by atoms with Crippen LogP contribution in [0.3, 0.4) is 0 Å². The lowest BCUT2D eigenvalue weighted by Gasteiger charge is -2.04. The number of hydrogen-bond donors (Lipinski definition) is 1. The molecule has 9 heteroatoms. The molecule has 0 amide bonds. The molecule has 0 spiro atoms. The Morgan fingerprint density at radius 3 is 2.60 bits per heavy atom. The Labute approximate surface area is 155 Å². The van der Waals surface area contributed by atoms with Gasteiger partial charge in [0, 0.05) is 16.3 Å². The first kappa shape index (κ1) is 18.2. The van der Waals surface area contributed by atoms with E-state index in [2.05, 4.69) is 14.9 Å². The summed E-state index contributed by atoms with van der Waals surface area (Å²) in [7, 11) is -3.57. The Hall–Kier alpha value is -1.55. The van der Waals surface area contributed by atoms with Gasteiger partial charge in [-0.1, -0.05) is 12.1 Å². The van der Waals surface area contributed by atoms with Gasteiger partial charge >= 0.3 is 0 Å². The van der Waals surface area contributed by atoms with E-state index in [0.29, 0.717) is 5.76 Å². The summed E-state index contributed by atoms with van der Waals surface area (Å²) < 4.78 is 33.3. The van der Waals surface area contributed by atoms with Crippen LogP contribution in [-0.4, -0.2) is 18.6 Å². The van der Waals surface area contributed by atoms with Crippen LogP contribution >= 0.6 is 22.7 Å². The summed E-state index contributed by atoms with van der Waals surface area (Å²) in [6, 6.07) is 3.41. The smallest absolute Gasteiger partial charge is 0.250 e. The fourth-order valence-electron chi connectivity index (χ4n) is 2.59. The summed E-state index contributed by atoms with van der Waals surface area (Å²) in [5.41, 5.74) is 2.56. The van der Waals surface area contributed by atoms with Gasteiger partial charge in [0.05, 0.1) is 22.0 Å². The molecule has 0 radical (unpaired) electrons. The number of aromatic nitrogens is 2. The average molecular weight is 398 g/mol. The van der Waals surface area contributed by atoms with Gasteiger partial charge in [-0.3, -0.25) is 0 Å². The van der Waals surface area contributed by atoms with Crippen molar-refractivity contribution in [1.82, 2.24) is 14.9 Å². The largest absolute Gasteiger partial charge is 0.361 e. The molecule has 0 aliphatic heterocycles. The molecule has 3 aromatic heterocycles. The highest BCUT2D eigenvalue weighted by atomic mass is 32.2. The van der Waals surface area contributed by atoms with Crippen molar-refractivity contribution in [3.63, 3.8) is 0 Å². The quantitative estimate of drug-likeness (QED) is 0.683. The summed E-state index contributed by atoms with van der Waals surface area (Å²) in [4.78, 5) is 6.23. The third-order valence-electron chi connectivity index (χ3n) is 3.77. The fourth-order valence-corrected chi connectivity index (χ4v) is 6.14. The number of rotatable bonds is 6. The lowest BCUT2D eigenvalue weighted by Crippen LogP contribution is -2.22. The van der Waals surface area contributed by atoms with Crippen molar-refractivity contribution in [2.45, 2.75) is 44.9 Å². The first-order chi connectivity index (χ1) is 11.8. The van der Waals surface area contributed by atoms with Gasteiger partial charge in [-0.25, -0.2) is 18.1 Å². The van der Waals surface area contributed by atoms with Gasteiger partial charge in [-0.05, 0) is 39.3 Å². The van der Waals surface area contributed by atoms with Crippen LogP contribution in [-0.2, 0) is 23.0 Å². The summed E-state index contributed by atoms with van der Waals surface area (Å²) in [6.45, 7) is 7.87. The fraction of sp³-hybridized carbons (Fsp3) is 0.375. The second kappa shape index (κ2) is 6.99. The Kier molecular flexibility index (Phi) is 5.10. The van der Waals surface area contributed by atoms with Crippen molar-refractivity contribution >= 4 is 32.7 Å². The highest BCUT2D eigenvalue weighted by molar-refractivity contribution is 7.91. The van der Waals surface area contributed by atoms with Crippen molar-refractivity contribution in [1.29, 1.82) is 0 Å². The van der Waals surface area contributed by atoms with E-state index >= 15 is 0 Å². The predicted octanol–water partition coefficient (Wildman–Crippen LogP) is 3.83. The molecule has 1 N–H and O–H groups in total. The number of hydrogen-bond acceptors (Lipinski definition) is 7. The van der Waals surface area contributed by atoms with Crippen molar-refractivity contribution in [3.8, 4) is 10.4 Å². The zero-order valence-corrected chi connectivity index (χ0v) is 16.9. The first-order valence-corrected chi connectivity index (χ1v) is 10.9. The molecule has 0 bridgehead atoms. The standard InChI is InChI=1S/C16H19N3O3S3/c1-5-12-14(23-11(4)18-12)8-17-25(20,21)15-7-6-13(24-15)16-9(2)19-22-10(16)3/h6-7,17H,5,8H2,1-4H3. The van der Waals surface area contributed by atoms with Gasteiger partial charge in [0.2, 0.25) is 10.0 Å². The van der Waals surface area contributed by atoms with Crippen LogP contribution in [0.1, 0.15) is 34.0 Å². The van der Waals surface area contributed by atoms with Gasteiger partial charge in [-0.2, -0.15) is 0 Å². The van der Waals surface area contributed by atoms with Crippen molar-refractivity contribution in [2.75, 3.05) is 0 Å². The molecular weight excluding hydrogens is 378 g/mol. The van der Waals surface area contributed by atoms with Crippen LogP contribution < -0.4 is 4.72 Å². The van der Waals surface area contributed by atoms with Crippen LogP contribution in [0.2, 0.25) is 0 Å². The monoisotopic (exact) mass is 397 g/mol. The van der Waals surface area contributed by atoms with Crippen LogP contribution in [0.4, 0.5) is 0 Å². The highest BCUT2D eigenvalue weighted by Crippen LogP contribution is 2.34. The van der Waals surface area contributed by atoms with Crippen molar-refractivity contribution in [2.24, 2.45) is 0 Å². The zero-order valence-electron chi connectivity index (χ0n) is 14.4. The molecule has 3 rings (SSSR count). The summed E-state index contributed by atoms with van der Waals surface area (Å²) in [5.74, 6) is 0.684. The minimum absolute atomic E-state index is 0.259. The molecule has 0 saturated carbocycles. The second-order valence-electron chi connectivity index (χ2n) is 5.60. The number of thiophene rings is 1. The number of nitrogens with zero attached hydrogens (tertiary/aromatic N) is 2. The molecule has 0 unspecified atom stereocenters. The summed E-state index contributed by atoms with van der Waals surface area (Å²) in [6.07, 6.45) is 0.788. The first-order valence-electron chi connectivity index (χ1n) is 7.79. The maximum Gasteiger partial charge on any atom is 0.250 e. The lowest BCUT2D eigenvalue weighted by molar-refractivity contribution is 0.393. The number of sulfonamides is 1. The van der Waals surface area contributed by atoms with E-state index in [1.165, 1.54) is 22.7 Å². The average Bonchev–Trinajstić information content (AvgIpc) is 3.25. The molecule has 25 heavy (non-hydrogen) atoms. The van der Waals surface area contributed by atoms with E-state index in [4.69, 9.17) is 4.52 Å². The molecule has 3 aromatic rings. The lowest BCUT2D eigenvalue weighted by atomic mass is 10.2. The Morgan fingerprint density at radius 2 is 1.96 bits per heavy atom. The van der Waals surface area contributed by atoms with E-state index in [1.54, 1.807) is 12.1 Å². The van der Waals surface area contributed by atoms with Gasteiger partial charge < -0.3 is 4.52 Å². The maximum atomic E-state index is 12.6. The van der Waals surface area contributed by atoms with E-state index in [9.17, 15) is 8.42 Å². The summed E-state index contributed by atoms with van der Waals surface area (Å²) >= 11 is 2.74. The predicted molar refractivity (Wildman–Crippen MR) is 99.5 cm³/mol. The van der Waals surface area contributed by atoms with Crippen LogP contribution in [0, 0.1) is 20.8 Å². The van der Waals surface area contributed by atoms with Gasteiger partial charge in [0.1, 0.15) is 9.97 Å². The van der Waals surface area contributed by atoms with E-state index in [-0.39, 0.29) is 10.8 Å². The minimum atomic E-state index is -3.57. The zero-order chi connectivity index (χ0) is 18.2. The molecular formula is C16H19N3O3S3.